The summed E-state index contributed by atoms with van der Waals surface area (Å²) in [7, 11) is -3.83. The van der Waals surface area contributed by atoms with E-state index in [-0.39, 0.29) is 41.4 Å². The van der Waals surface area contributed by atoms with Crippen molar-refractivity contribution in [2.24, 2.45) is 5.92 Å². The maximum Gasteiger partial charge on any atom is 0.254 e. The lowest BCUT2D eigenvalue weighted by atomic mass is 10.1. The van der Waals surface area contributed by atoms with Crippen molar-refractivity contribution in [3.63, 3.8) is 0 Å². The molecule has 1 aliphatic rings. The number of hydrogen-bond acceptors (Lipinski definition) is 4. The molecule has 0 saturated heterocycles. The van der Waals surface area contributed by atoms with E-state index in [2.05, 4.69) is 15.4 Å². The highest BCUT2D eigenvalue weighted by Crippen LogP contribution is 2.24. The summed E-state index contributed by atoms with van der Waals surface area (Å²) in [6.07, 6.45) is 3.88. The molecule has 0 aliphatic heterocycles. The van der Waals surface area contributed by atoms with Crippen LogP contribution in [-0.2, 0) is 14.8 Å². The van der Waals surface area contributed by atoms with Crippen LogP contribution >= 0.6 is 0 Å². The molecular weight excluding hydrogens is 373 g/mol. The summed E-state index contributed by atoms with van der Waals surface area (Å²) in [4.78, 5) is 23.9. The van der Waals surface area contributed by atoms with Crippen molar-refractivity contribution in [1.82, 2.24) is 15.4 Å². The molecule has 150 valence electrons. The van der Waals surface area contributed by atoms with Gasteiger partial charge in [-0.2, -0.15) is 0 Å². The Morgan fingerprint density at radius 2 is 1.78 bits per heavy atom. The van der Waals surface area contributed by atoms with Gasteiger partial charge in [-0.3, -0.25) is 9.59 Å². The van der Waals surface area contributed by atoms with Gasteiger partial charge in [-0.25, -0.2) is 17.5 Å². The summed E-state index contributed by atoms with van der Waals surface area (Å²) in [5.41, 5.74) is -0.358. The molecule has 0 spiro atoms. The Kier molecular flexibility index (Phi) is 7.32. The first-order chi connectivity index (χ1) is 12.7. The molecule has 0 heterocycles. The highest BCUT2D eigenvalue weighted by molar-refractivity contribution is 7.89. The van der Waals surface area contributed by atoms with Crippen LogP contribution in [0.5, 0.6) is 0 Å². The summed E-state index contributed by atoms with van der Waals surface area (Å²) in [5, 5.41) is 5.25. The van der Waals surface area contributed by atoms with Gasteiger partial charge in [-0.15, -0.1) is 0 Å². The minimum Gasteiger partial charge on any atom is -0.354 e. The molecule has 1 fully saturated rings. The van der Waals surface area contributed by atoms with Gasteiger partial charge >= 0.3 is 0 Å². The van der Waals surface area contributed by atoms with E-state index in [1.165, 1.54) is 0 Å². The Balaban J connectivity index is 1.93. The summed E-state index contributed by atoms with van der Waals surface area (Å²) < 4.78 is 40.7. The third kappa shape index (κ3) is 6.00. The van der Waals surface area contributed by atoms with Gasteiger partial charge in [0.25, 0.3) is 5.91 Å². The van der Waals surface area contributed by atoms with Crippen LogP contribution < -0.4 is 15.4 Å². The number of nitrogens with one attached hydrogen (secondary N) is 3. The van der Waals surface area contributed by atoms with Crippen LogP contribution in [0.4, 0.5) is 4.39 Å². The first-order valence-corrected chi connectivity index (χ1v) is 10.6. The quantitative estimate of drug-likeness (QED) is 0.577. The highest BCUT2D eigenvalue weighted by atomic mass is 32.2. The van der Waals surface area contributed by atoms with Gasteiger partial charge in [0.15, 0.2) is 0 Å². The smallest absolute Gasteiger partial charge is 0.254 e. The highest BCUT2D eigenvalue weighted by Gasteiger charge is 2.22. The maximum atomic E-state index is 14.0. The minimum atomic E-state index is -3.83. The molecule has 1 aromatic rings. The van der Waals surface area contributed by atoms with Gasteiger partial charge in [0.1, 0.15) is 5.82 Å². The van der Waals surface area contributed by atoms with Crippen molar-refractivity contribution >= 4 is 21.8 Å². The Bertz CT molecular complexity index is 790. The second-order valence-corrected chi connectivity index (χ2v) is 8.66. The molecule has 1 aliphatic carbocycles. The van der Waals surface area contributed by atoms with E-state index in [0.29, 0.717) is 0 Å². The Hall–Kier alpha value is -2.00. The van der Waals surface area contributed by atoms with Gasteiger partial charge in [0, 0.05) is 25.0 Å². The van der Waals surface area contributed by atoms with Crippen molar-refractivity contribution in [1.29, 1.82) is 0 Å². The second-order valence-electron chi connectivity index (χ2n) is 6.95. The van der Waals surface area contributed by atoms with E-state index in [9.17, 15) is 22.4 Å². The Morgan fingerprint density at radius 1 is 1.15 bits per heavy atom. The molecule has 0 radical (unpaired) electrons. The molecule has 0 aromatic heterocycles. The number of carbonyl (C=O) groups excluding carboxylic acids is 2. The number of amides is 2. The zero-order valence-electron chi connectivity index (χ0n) is 15.5. The van der Waals surface area contributed by atoms with E-state index >= 15 is 0 Å². The third-order valence-corrected chi connectivity index (χ3v) is 5.98. The number of benzene rings is 1. The summed E-state index contributed by atoms with van der Waals surface area (Å²) in [5.74, 6) is -1.54. The fourth-order valence-corrected chi connectivity index (χ4v) is 4.29. The van der Waals surface area contributed by atoms with E-state index in [1.54, 1.807) is 13.8 Å². The Labute approximate surface area is 159 Å². The van der Waals surface area contributed by atoms with Crippen molar-refractivity contribution in [2.45, 2.75) is 50.5 Å². The van der Waals surface area contributed by atoms with Crippen LogP contribution in [0, 0.1) is 11.7 Å². The molecule has 1 saturated carbocycles. The van der Waals surface area contributed by atoms with Gasteiger partial charge < -0.3 is 10.6 Å². The summed E-state index contributed by atoms with van der Waals surface area (Å²) in [6, 6.07) is 2.73. The van der Waals surface area contributed by atoms with Crippen LogP contribution in [-0.4, -0.2) is 39.4 Å². The SMILES string of the molecule is CC(C)NS(=O)(=O)c1ccc(F)c(C(=O)NCCNC(=O)C2CCCC2)c1. The third-order valence-electron chi connectivity index (χ3n) is 4.32. The lowest BCUT2D eigenvalue weighted by Crippen LogP contribution is -2.37. The molecule has 0 atom stereocenters. The average Bonchev–Trinajstić information content (AvgIpc) is 3.12. The van der Waals surface area contributed by atoms with Gasteiger partial charge in [-0.05, 0) is 44.9 Å². The first kappa shape index (κ1) is 21.3. The number of hydrogen-bond donors (Lipinski definition) is 3. The monoisotopic (exact) mass is 399 g/mol. The van der Waals surface area contributed by atoms with Crippen molar-refractivity contribution < 1.29 is 22.4 Å². The van der Waals surface area contributed by atoms with Crippen molar-refractivity contribution in [3.05, 3.63) is 29.6 Å². The van der Waals surface area contributed by atoms with Crippen LogP contribution in [0.25, 0.3) is 0 Å². The Morgan fingerprint density at radius 3 is 2.41 bits per heavy atom. The van der Waals surface area contributed by atoms with Crippen LogP contribution in [0.15, 0.2) is 23.1 Å². The lowest BCUT2D eigenvalue weighted by molar-refractivity contribution is -0.124. The van der Waals surface area contributed by atoms with Crippen LogP contribution in [0.2, 0.25) is 0 Å². The zero-order valence-corrected chi connectivity index (χ0v) is 16.4. The molecule has 2 amide bonds. The molecule has 9 heteroatoms. The fourth-order valence-electron chi connectivity index (χ4n) is 3.01. The summed E-state index contributed by atoms with van der Waals surface area (Å²) in [6.45, 7) is 3.68. The number of carbonyl (C=O) groups is 2. The molecule has 1 aromatic carbocycles. The number of sulfonamides is 1. The minimum absolute atomic E-state index is 0.0271. The second kappa shape index (κ2) is 9.27. The van der Waals surface area contributed by atoms with Gasteiger partial charge in [-0.1, -0.05) is 12.8 Å². The van der Waals surface area contributed by atoms with Crippen molar-refractivity contribution in [3.8, 4) is 0 Å². The number of rotatable bonds is 8. The first-order valence-electron chi connectivity index (χ1n) is 9.08. The predicted molar refractivity (Wildman–Crippen MR) is 99.2 cm³/mol. The predicted octanol–water partition coefficient (Wildman–Crippen LogP) is 1.55. The average molecular weight is 399 g/mol. The fraction of sp³-hybridized carbons (Fsp3) is 0.556. The molecule has 0 bridgehead atoms. The molecule has 7 nitrogen and oxygen atoms in total. The molecule has 27 heavy (non-hydrogen) atoms. The standard InChI is InChI=1S/C18H26FN3O4S/c1-12(2)22-27(25,26)14-7-8-16(19)15(11-14)18(24)21-10-9-20-17(23)13-5-3-4-6-13/h7-8,11-13,22H,3-6,9-10H2,1-2H3,(H,20,23)(H,21,24). The van der Waals surface area contributed by atoms with Gasteiger partial charge in [0.05, 0.1) is 10.5 Å². The molecule has 0 unspecified atom stereocenters. The zero-order chi connectivity index (χ0) is 20.0. The normalized spacial score (nSPS) is 15.1. The molecular formula is C18H26FN3O4S. The molecule has 3 N–H and O–H groups in total. The van der Waals surface area contributed by atoms with Gasteiger partial charge in [0.2, 0.25) is 15.9 Å². The molecule has 2 rings (SSSR count). The van der Waals surface area contributed by atoms with Crippen LogP contribution in [0.3, 0.4) is 0 Å². The van der Waals surface area contributed by atoms with E-state index in [1.807, 2.05) is 0 Å². The lowest BCUT2D eigenvalue weighted by Gasteiger charge is -2.12. The van der Waals surface area contributed by atoms with E-state index in [4.69, 9.17) is 0 Å². The van der Waals surface area contributed by atoms with Crippen LogP contribution in [0.1, 0.15) is 49.9 Å². The maximum absolute atomic E-state index is 14.0. The topological polar surface area (TPSA) is 104 Å². The van der Waals surface area contributed by atoms with E-state index in [0.717, 1.165) is 43.9 Å². The largest absolute Gasteiger partial charge is 0.354 e. The van der Waals surface area contributed by atoms with E-state index < -0.39 is 21.7 Å². The van der Waals surface area contributed by atoms with Crippen molar-refractivity contribution in [2.75, 3.05) is 13.1 Å². The summed E-state index contributed by atoms with van der Waals surface area (Å²) >= 11 is 0. The number of halogens is 1.